The Morgan fingerprint density at radius 3 is 2.26 bits per heavy atom. The summed E-state index contributed by atoms with van der Waals surface area (Å²) in [6.45, 7) is 8.90. The summed E-state index contributed by atoms with van der Waals surface area (Å²) in [6, 6.07) is 0.758. The normalized spacial score (nSPS) is 26.0. The van der Waals surface area contributed by atoms with Crippen LogP contribution in [0.25, 0.3) is 0 Å². The summed E-state index contributed by atoms with van der Waals surface area (Å²) in [7, 11) is 1.97. The Morgan fingerprint density at radius 2 is 1.79 bits per heavy atom. The van der Waals surface area contributed by atoms with Crippen LogP contribution in [0.4, 0.5) is 0 Å². The van der Waals surface area contributed by atoms with Gasteiger partial charge in [0.15, 0.2) is 0 Å². The monoisotopic (exact) mass is 268 g/mol. The van der Waals surface area contributed by atoms with Gasteiger partial charge < -0.3 is 10.6 Å². The summed E-state index contributed by atoms with van der Waals surface area (Å²) in [4.78, 5) is 14.3. The van der Waals surface area contributed by atoms with Crippen LogP contribution in [0, 0.1) is 11.3 Å². The van der Waals surface area contributed by atoms with Crippen molar-refractivity contribution in [1.29, 1.82) is 0 Å². The van der Waals surface area contributed by atoms with Crippen molar-refractivity contribution in [2.24, 2.45) is 17.1 Å². The molecule has 1 fully saturated rings. The summed E-state index contributed by atoms with van der Waals surface area (Å²) >= 11 is 0. The van der Waals surface area contributed by atoms with Gasteiger partial charge in [0, 0.05) is 25.6 Å². The Bertz CT molecular complexity index is 288. The van der Waals surface area contributed by atoms with Gasteiger partial charge in [-0.1, -0.05) is 27.7 Å². The molecule has 0 radical (unpaired) electrons. The zero-order valence-electron chi connectivity index (χ0n) is 13.4. The van der Waals surface area contributed by atoms with Crippen molar-refractivity contribution < 1.29 is 4.79 Å². The van der Waals surface area contributed by atoms with Crippen LogP contribution in [-0.4, -0.2) is 29.9 Å². The average molecular weight is 268 g/mol. The number of nitrogens with two attached hydrogens (primary N) is 1. The van der Waals surface area contributed by atoms with Gasteiger partial charge in [-0.25, -0.2) is 0 Å². The summed E-state index contributed by atoms with van der Waals surface area (Å²) in [5, 5.41) is 0. The van der Waals surface area contributed by atoms with Crippen molar-refractivity contribution in [3.05, 3.63) is 0 Å². The smallest absolute Gasteiger partial charge is 0.222 e. The zero-order valence-corrected chi connectivity index (χ0v) is 13.4. The van der Waals surface area contributed by atoms with Crippen molar-refractivity contribution in [3.8, 4) is 0 Å². The van der Waals surface area contributed by atoms with Crippen molar-refractivity contribution >= 4 is 5.91 Å². The summed E-state index contributed by atoms with van der Waals surface area (Å²) in [6.07, 6.45) is 6.02. The van der Waals surface area contributed by atoms with E-state index in [1.54, 1.807) is 0 Å². The first-order valence-corrected chi connectivity index (χ1v) is 7.70. The minimum absolute atomic E-state index is 0.301. The molecule has 112 valence electrons. The Kier molecular flexibility index (Phi) is 5.84. The number of amides is 1. The molecule has 3 heteroatoms. The molecule has 2 N–H and O–H groups in total. The largest absolute Gasteiger partial charge is 0.343 e. The molecule has 0 aromatic heterocycles. The highest BCUT2D eigenvalue weighted by atomic mass is 16.2. The fraction of sp³-hybridized carbons (Fsp3) is 0.938. The van der Waals surface area contributed by atoms with Gasteiger partial charge >= 0.3 is 0 Å². The van der Waals surface area contributed by atoms with E-state index in [9.17, 15) is 4.79 Å². The van der Waals surface area contributed by atoms with E-state index in [1.165, 1.54) is 0 Å². The van der Waals surface area contributed by atoms with E-state index >= 15 is 0 Å². The van der Waals surface area contributed by atoms with Crippen molar-refractivity contribution in [3.63, 3.8) is 0 Å². The molecule has 0 bridgehead atoms. The second kappa shape index (κ2) is 6.74. The molecular weight excluding hydrogens is 236 g/mol. The lowest BCUT2D eigenvalue weighted by Gasteiger charge is -2.34. The van der Waals surface area contributed by atoms with E-state index in [2.05, 4.69) is 27.7 Å². The van der Waals surface area contributed by atoms with E-state index in [-0.39, 0.29) is 0 Å². The molecule has 3 nitrogen and oxygen atoms in total. The average Bonchev–Trinajstić information content (AvgIpc) is 2.26. The quantitative estimate of drug-likeness (QED) is 0.851. The topological polar surface area (TPSA) is 46.3 Å². The van der Waals surface area contributed by atoms with E-state index < -0.39 is 0 Å². The number of carbonyl (C=O) groups is 1. The fourth-order valence-corrected chi connectivity index (χ4v) is 3.25. The Balaban J connectivity index is 2.40. The van der Waals surface area contributed by atoms with Crippen molar-refractivity contribution in [2.45, 2.75) is 78.3 Å². The number of hydrogen-bond donors (Lipinski definition) is 1. The summed E-state index contributed by atoms with van der Waals surface area (Å²) in [5.74, 6) is 0.762. The molecule has 19 heavy (non-hydrogen) atoms. The van der Waals surface area contributed by atoms with Crippen LogP contribution in [0.5, 0.6) is 0 Å². The predicted molar refractivity (Wildman–Crippen MR) is 80.9 cm³/mol. The van der Waals surface area contributed by atoms with Gasteiger partial charge in [0.2, 0.25) is 5.91 Å². The second-order valence-corrected chi connectivity index (χ2v) is 7.65. The van der Waals surface area contributed by atoms with E-state index in [4.69, 9.17) is 5.73 Å². The lowest BCUT2D eigenvalue weighted by atomic mass is 9.84. The molecule has 0 spiro atoms. The maximum absolute atomic E-state index is 12.3. The highest BCUT2D eigenvalue weighted by Crippen LogP contribution is 2.27. The van der Waals surface area contributed by atoms with Crippen molar-refractivity contribution in [1.82, 2.24) is 4.90 Å². The molecule has 1 aliphatic rings. The number of nitrogens with zero attached hydrogens (tertiary/aromatic N) is 1. The minimum Gasteiger partial charge on any atom is -0.343 e. The zero-order chi connectivity index (χ0) is 14.6. The highest BCUT2D eigenvalue weighted by Gasteiger charge is 2.26. The molecule has 1 unspecified atom stereocenters. The van der Waals surface area contributed by atoms with Crippen LogP contribution >= 0.6 is 0 Å². The van der Waals surface area contributed by atoms with E-state index in [1.807, 2.05) is 11.9 Å². The second-order valence-electron chi connectivity index (χ2n) is 7.65. The SMILES string of the molecule is CC(CC(=O)N(C)C1CCC(N)CC1)CC(C)(C)C. The van der Waals surface area contributed by atoms with Crippen molar-refractivity contribution in [2.75, 3.05) is 7.05 Å². The third-order valence-corrected chi connectivity index (χ3v) is 4.17. The standard InChI is InChI=1S/C16H32N2O/c1-12(11-16(2,3)4)10-15(19)18(5)14-8-6-13(17)7-9-14/h12-14H,6-11,17H2,1-5H3. The molecule has 1 atom stereocenters. The Hall–Kier alpha value is -0.570. The van der Waals surface area contributed by atoms with Crippen LogP contribution in [0.2, 0.25) is 0 Å². The van der Waals surface area contributed by atoms with Crippen LogP contribution in [-0.2, 0) is 4.79 Å². The first kappa shape index (κ1) is 16.5. The van der Waals surface area contributed by atoms with Gasteiger partial charge in [0.25, 0.3) is 0 Å². The molecule has 0 aromatic carbocycles. The predicted octanol–water partition coefficient (Wildman–Crippen LogP) is 3.18. The minimum atomic E-state index is 0.301. The molecule has 0 aliphatic heterocycles. The highest BCUT2D eigenvalue weighted by molar-refractivity contribution is 5.76. The lowest BCUT2D eigenvalue weighted by molar-refractivity contribution is -0.133. The van der Waals surface area contributed by atoms with Crippen LogP contribution in [0.1, 0.15) is 66.2 Å². The Labute approximate surface area is 118 Å². The molecule has 1 rings (SSSR count). The fourth-order valence-electron chi connectivity index (χ4n) is 3.25. The summed E-state index contributed by atoms with van der Waals surface area (Å²) < 4.78 is 0. The molecule has 0 saturated heterocycles. The third-order valence-electron chi connectivity index (χ3n) is 4.17. The first-order chi connectivity index (χ1) is 8.69. The van der Waals surface area contributed by atoms with Crippen LogP contribution < -0.4 is 5.73 Å². The Morgan fingerprint density at radius 1 is 1.26 bits per heavy atom. The van der Waals surface area contributed by atoms with Gasteiger partial charge in [0.05, 0.1) is 0 Å². The van der Waals surface area contributed by atoms with Gasteiger partial charge in [-0.2, -0.15) is 0 Å². The van der Waals surface area contributed by atoms with Gasteiger partial charge in [-0.05, 0) is 43.4 Å². The first-order valence-electron chi connectivity index (χ1n) is 7.70. The molecule has 0 aromatic rings. The summed E-state index contributed by atoms with van der Waals surface area (Å²) in [5.41, 5.74) is 6.22. The maximum Gasteiger partial charge on any atom is 0.222 e. The number of carbonyl (C=O) groups excluding carboxylic acids is 1. The third kappa shape index (κ3) is 5.94. The number of rotatable bonds is 4. The van der Waals surface area contributed by atoms with Crippen LogP contribution in [0.3, 0.4) is 0 Å². The van der Waals surface area contributed by atoms with Gasteiger partial charge in [0.1, 0.15) is 0 Å². The van der Waals surface area contributed by atoms with E-state index in [0.717, 1.165) is 32.1 Å². The van der Waals surface area contributed by atoms with E-state index in [0.29, 0.717) is 35.7 Å². The maximum atomic E-state index is 12.3. The van der Waals surface area contributed by atoms with Gasteiger partial charge in [-0.3, -0.25) is 4.79 Å². The number of hydrogen-bond acceptors (Lipinski definition) is 2. The molecule has 1 saturated carbocycles. The molecule has 1 amide bonds. The molecular formula is C16H32N2O. The van der Waals surface area contributed by atoms with Crippen LogP contribution in [0.15, 0.2) is 0 Å². The van der Waals surface area contributed by atoms with Gasteiger partial charge in [-0.15, -0.1) is 0 Å². The lowest BCUT2D eigenvalue weighted by Crippen LogP contribution is -2.42. The molecule has 1 aliphatic carbocycles. The molecule has 0 heterocycles.